The number of hydrogen-bond donors (Lipinski definition) is 4. The van der Waals surface area contributed by atoms with Crippen molar-refractivity contribution in [2.24, 2.45) is 0 Å². The molecular weight excluding hydrogens is 775 g/mol. The first-order valence-corrected chi connectivity index (χ1v) is 21.9. The van der Waals surface area contributed by atoms with Crippen molar-refractivity contribution in [3.05, 3.63) is 70.9 Å². The van der Waals surface area contributed by atoms with Crippen LogP contribution in [-0.4, -0.2) is 101 Å². The lowest BCUT2D eigenvalue weighted by Gasteiger charge is -2.43. The molecule has 320 valence electrons. The number of fused-ring (bicyclic) bond motifs is 2. The molecule has 5 aliphatic rings. The molecule has 15 nitrogen and oxygen atoms in total. The van der Waals surface area contributed by atoms with E-state index in [1.54, 1.807) is 35.2 Å². The molecule has 5 amide bonds. The summed E-state index contributed by atoms with van der Waals surface area (Å²) in [6.45, 7) is 4.13. The van der Waals surface area contributed by atoms with Gasteiger partial charge in [-0.05, 0) is 93.3 Å². The summed E-state index contributed by atoms with van der Waals surface area (Å²) in [5.41, 5.74) is 4.23. The molecule has 0 spiro atoms. The number of likely N-dealkylation sites (N-methyl/N-ethyl adjacent to an activating group) is 1. The number of amides is 5. The third-order valence-electron chi connectivity index (χ3n) is 12.7. The van der Waals surface area contributed by atoms with Gasteiger partial charge in [-0.3, -0.25) is 29.3 Å². The van der Waals surface area contributed by atoms with Crippen LogP contribution < -0.4 is 31.1 Å². The molecule has 1 unspecified atom stereocenters. The molecule has 2 aliphatic carbocycles. The van der Waals surface area contributed by atoms with Gasteiger partial charge in [-0.15, -0.1) is 0 Å². The van der Waals surface area contributed by atoms with Crippen molar-refractivity contribution in [2.75, 3.05) is 41.9 Å². The van der Waals surface area contributed by atoms with Crippen LogP contribution in [0.3, 0.4) is 0 Å². The average Bonchev–Trinajstić information content (AvgIpc) is 3.92. The van der Waals surface area contributed by atoms with Crippen molar-refractivity contribution in [2.45, 2.75) is 121 Å². The molecule has 3 aromatic rings. The maximum atomic E-state index is 13.2. The van der Waals surface area contributed by atoms with E-state index in [1.807, 2.05) is 30.3 Å². The summed E-state index contributed by atoms with van der Waals surface area (Å²) in [4.78, 5) is 78.4. The van der Waals surface area contributed by atoms with Gasteiger partial charge in [0.15, 0.2) is 5.82 Å². The molecule has 15 heteroatoms. The van der Waals surface area contributed by atoms with E-state index in [4.69, 9.17) is 9.72 Å². The molecule has 2 atom stereocenters. The number of anilines is 4. The topological polar surface area (TPSA) is 178 Å². The second-order valence-electron chi connectivity index (χ2n) is 16.6. The van der Waals surface area contributed by atoms with Crippen LogP contribution in [-0.2, 0) is 25.7 Å². The van der Waals surface area contributed by atoms with Crippen LogP contribution in [0, 0.1) is 11.8 Å². The van der Waals surface area contributed by atoms with Gasteiger partial charge in [-0.2, -0.15) is 4.98 Å². The summed E-state index contributed by atoms with van der Waals surface area (Å²) in [6, 6.07) is 12.7. The van der Waals surface area contributed by atoms with Gasteiger partial charge in [0.05, 0.1) is 19.4 Å². The van der Waals surface area contributed by atoms with Crippen LogP contribution >= 0.6 is 0 Å². The number of carbonyl (C=O) groups excluding carboxylic acids is 5. The SMILES string of the molecule is CC[C@@H]1C(=O)N(C)c2cnc(Nc3ccc(C(=O)N[C@H]4CC[C@H](NCCOCCC#Cc5cccc6c5CN(C5CCC(=O)NC5=O)C6=O)CC4)cc3)nc2N1C1CCCC1. The second-order valence-corrected chi connectivity index (χ2v) is 16.6. The number of aromatic nitrogens is 2. The number of nitrogens with one attached hydrogen (secondary N) is 4. The first-order valence-electron chi connectivity index (χ1n) is 21.9. The molecule has 4 N–H and O–H groups in total. The van der Waals surface area contributed by atoms with Gasteiger partial charge in [0.1, 0.15) is 17.8 Å². The number of nitrogens with zero attached hydrogens (tertiary/aromatic N) is 5. The van der Waals surface area contributed by atoms with Crippen molar-refractivity contribution >= 4 is 52.7 Å². The largest absolute Gasteiger partial charge is 0.379 e. The number of benzene rings is 2. The third-order valence-corrected chi connectivity index (χ3v) is 12.7. The summed E-state index contributed by atoms with van der Waals surface area (Å²) in [6.07, 6.45) is 11.7. The van der Waals surface area contributed by atoms with E-state index in [-0.39, 0.29) is 42.1 Å². The van der Waals surface area contributed by atoms with E-state index in [0.717, 1.165) is 86.2 Å². The van der Waals surface area contributed by atoms with Crippen molar-refractivity contribution in [3.63, 3.8) is 0 Å². The Morgan fingerprint density at radius 1 is 0.951 bits per heavy atom. The van der Waals surface area contributed by atoms with Crippen molar-refractivity contribution in [3.8, 4) is 11.8 Å². The molecule has 61 heavy (non-hydrogen) atoms. The Morgan fingerprint density at radius 2 is 1.72 bits per heavy atom. The lowest BCUT2D eigenvalue weighted by atomic mass is 9.91. The van der Waals surface area contributed by atoms with Crippen molar-refractivity contribution in [1.29, 1.82) is 0 Å². The molecular formula is C46H55N9O6. The number of ether oxygens (including phenoxy) is 1. The monoisotopic (exact) mass is 829 g/mol. The summed E-state index contributed by atoms with van der Waals surface area (Å²) < 4.78 is 5.83. The van der Waals surface area contributed by atoms with E-state index in [9.17, 15) is 24.0 Å². The van der Waals surface area contributed by atoms with E-state index in [2.05, 4.69) is 49.9 Å². The maximum absolute atomic E-state index is 13.2. The molecule has 2 saturated carbocycles. The molecule has 8 rings (SSSR count). The van der Waals surface area contributed by atoms with Gasteiger partial charge in [-0.25, -0.2) is 4.98 Å². The van der Waals surface area contributed by atoms with E-state index >= 15 is 0 Å². The Kier molecular flexibility index (Phi) is 12.9. The summed E-state index contributed by atoms with van der Waals surface area (Å²) in [5.74, 6) is 6.65. The van der Waals surface area contributed by atoms with Gasteiger partial charge in [0.2, 0.25) is 23.7 Å². The Bertz CT molecular complexity index is 2210. The predicted octanol–water partition coefficient (Wildman–Crippen LogP) is 4.57. The number of hydrogen-bond acceptors (Lipinski definition) is 11. The van der Waals surface area contributed by atoms with E-state index < -0.39 is 11.9 Å². The quantitative estimate of drug-likeness (QED) is 0.108. The maximum Gasteiger partial charge on any atom is 0.255 e. The molecule has 3 aliphatic heterocycles. The van der Waals surface area contributed by atoms with Crippen LogP contribution in [0.5, 0.6) is 0 Å². The lowest BCUT2D eigenvalue weighted by Crippen LogP contribution is -2.55. The highest BCUT2D eigenvalue weighted by Gasteiger charge is 2.42. The molecule has 3 fully saturated rings. The van der Waals surface area contributed by atoms with Crippen molar-refractivity contribution in [1.82, 2.24) is 30.8 Å². The minimum absolute atomic E-state index is 0.0848. The summed E-state index contributed by atoms with van der Waals surface area (Å²) >= 11 is 0. The Balaban J connectivity index is 0.734. The second kappa shape index (κ2) is 18.8. The van der Waals surface area contributed by atoms with Crippen LogP contribution in [0.4, 0.5) is 23.1 Å². The first-order chi connectivity index (χ1) is 29.7. The van der Waals surface area contributed by atoms with E-state index in [0.29, 0.717) is 68.2 Å². The predicted molar refractivity (Wildman–Crippen MR) is 230 cm³/mol. The molecule has 0 radical (unpaired) electrons. The molecule has 1 saturated heterocycles. The molecule has 0 bridgehead atoms. The lowest BCUT2D eigenvalue weighted by molar-refractivity contribution is -0.137. The minimum atomic E-state index is -0.652. The van der Waals surface area contributed by atoms with E-state index in [1.165, 1.54) is 0 Å². The van der Waals surface area contributed by atoms with Gasteiger partial charge in [0, 0.05) is 73.5 Å². The van der Waals surface area contributed by atoms with Gasteiger partial charge >= 0.3 is 0 Å². The number of rotatable bonds is 13. The highest BCUT2D eigenvalue weighted by atomic mass is 16.5. The minimum Gasteiger partial charge on any atom is -0.379 e. The number of imide groups is 1. The molecule has 1 aromatic heterocycles. The molecule has 4 heterocycles. The smallest absolute Gasteiger partial charge is 0.255 e. The zero-order valence-electron chi connectivity index (χ0n) is 35.0. The van der Waals surface area contributed by atoms with Gasteiger partial charge in [-0.1, -0.05) is 37.7 Å². The summed E-state index contributed by atoms with van der Waals surface area (Å²) in [5, 5.41) is 12.4. The summed E-state index contributed by atoms with van der Waals surface area (Å²) in [7, 11) is 1.80. The average molecular weight is 830 g/mol. The third kappa shape index (κ3) is 9.25. The fraction of sp³-hybridized carbons (Fsp3) is 0.500. The standard InChI is InChI=1S/C46H55N9O6/c1-3-37-45(60)53(2)39-27-48-46(52-41(39)55(37)34-11-4-5-12-34)50-33-16-14-30(15-17-33)42(57)49-32-20-18-31(19-21-32)47-24-26-61-25-7-6-9-29-10-8-13-35-36(29)28-54(44(35)59)38-22-23-40(56)51-43(38)58/h8,10,13-17,27,31-32,34,37-38,47H,3-5,7,11-12,18-26,28H2,1-2H3,(H,49,57)(H,48,50,52)(H,51,56,58)/t31-,32-,37-,38?/m1/s1. The zero-order valence-corrected chi connectivity index (χ0v) is 35.0. The zero-order chi connectivity index (χ0) is 42.5. The Morgan fingerprint density at radius 3 is 2.48 bits per heavy atom. The number of piperidine rings is 1. The van der Waals surface area contributed by atoms with Crippen molar-refractivity contribution < 1.29 is 28.7 Å². The molecule has 2 aromatic carbocycles. The first kappa shape index (κ1) is 41.9. The van der Waals surface area contributed by atoms with Crippen LogP contribution in [0.1, 0.15) is 116 Å². The Labute approximate surface area is 356 Å². The fourth-order valence-corrected chi connectivity index (χ4v) is 9.41. The Hall–Kier alpha value is -5.85. The highest BCUT2D eigenvalue weighted by Crippen LogP contribution is 2.40. The highest BCUT2D eigenvalue weighted by molar-refractivity contribution is 6.06. The van der Waals surface area contributed by atoms with Crippen LogP contribution in [0.15, 0.2) is 48.7 Å². The normalized spacial score (nSPS) is 22.7. The van der Waals surface area contributed by atoms with Crippen LogP contribution in [0.2, 0.25) is 0 Å². The number of carbonyl (C=O) groups is 5. The van der Waals surface area contributed by atoms with Crippen LogP contribution in [0.25, 0.3) is 0 Å². The fourth-order valence-electron chi connectivity index (χ4n) is 9.41. The van der Waals surface area contributed by atoms with Gasteiger partial charge < -0.3 is 35.4 Å². The van der Waals surface area contributed by atoms with Gasteiger partial charge in [0.25, 0.3) is 11.8 Å².